The molecule has 2 atom stereocenters. The number of para-hydroxylation sites is 2. The van der Waals surface area contributed by atoms with Gasteiger partial charge in [-0.1, -0.05) is 32.0 Å². The number of methoxy groups -OCH3 is 1. The third-order valence-corrected chi connectivity index (χ3v) is 5.21. The van der Waals surface area contributed by atoms with Gasteiger partial charge in [0.05, 0.1) is 18.2 Å². The van der Waals surface area contributed by atoms with Crippen molar-refractivity contribution in [1.82, 2.24) is 9.97 Å². The molecule has 0 spiro atoms. The summed E-state index contributed by atoms with van der Waals surface area (Å²) in [6.45, 7) is 6.55. The zero-order valence-corrected chi connectivity index (χ0v) is 16.0. The Hall–Kier alpha value is -2.82. The highest BCUT2D eigenvalue weighted by Gasteiger charge is 2.25. The Balaban J connectivity index is 1.89. The lowest BCUT2D eigenvalue weighted by Gasteiger charge is -2.36. The van der Waals surface area contributed by atoms with Crippen molar-refractivity contribution in [2.45, 2.75) is 20.3 Å². The zero-order chi connectivity index (χ0) is 19.0. The second-order valence-corrected chi connectivity index (χ2v) is 7.60. The minimum atomic E-state index is 0.0709. The summed E-state index contributed by atoms with van der Waals surface area (Å²) in [5.74, 6) is 3.20. The topological polar surface area (TPSA) is 58.5 Å². The van der Waals surface area contributed by atoms with Crippen molar-refractivity contribution in [3.8, 4) is 22.9 Å². The first-order valence-electron chi connectivity index (χ1n) is 9.45. The van der Waals surface area contributed by atoms with E-state index in [-0.39, 0.29) is 5.75 Å². The van der Waals surface area contributed by atoms with E-state index in [0.717, 1.165) is 29.8 Å². The molecular formula is C22H25N3O2. The summed E-state index contributed by atoms with van der Waals surface area (Å²) < 4.78 is 5.25. The van der Waals surface area contributed by atoms with E-state index < -0.39 is 0 Å². The molecule has 0 bridgehead atoms. The SMILES string of the molecule is COc1cccc(-c2nc(N3C[C@H](C)C[C@@H](C)C3)c3ccccc3n2)c1O. The molecule has 1 aliphatic rings. The molecule has 1 aromatic heterocycles. The van der Waals surface area contributed by atoms with Crippen LogP contribution in [-0.2, 0) is 0 Å². The molecule has 140 valence electrons. The summed E-state index contributed by atoms with van der Waals surface area (Å²) in [5.41, 5.74) is 1.46. The molecule has 4 rings (SSSR count). The Kier molecular flexibility index (Phi) is 4.60. The van der Waals surface area contributed by atoms with Crippen LogP contribution in [0.5, 0.6) is 11.5 Å². The maximum atomic E-state index is 10.6. The molecule has 0 saturated carbocycles. The van der Waals surface area contributed by atoms with Crippen molar-refractivity contribution >= 4 is 16.7 Å². The molecule has 1 aliphatic heterocycles. The minimum Gasteiger partial charge on any atom is -0.504 e. The summed E-state index contributed by atoms with van der Waals surface area (Å²) in [6.07, 6.45) is 1.24. The average Bonchev–Trinajstić information content (AvgIpc) is 2.66. The van der Waals surface area contributed by atoms with Crippen molar-refractivity contribution in [2.75, 3.05) is 25.1 Å². The number of phenols is 1. The number of anilines is 1. The van der Waals surface area contributed by atoms with Crippen molar-refractivity contribution in [3.63, 3.8) is 0 Å². The Labute approximate surface area is 159 Å². The van der Waals surface area contributed by atoms with Gasteiger partial charge in [0.25, 0.3) is 0 Å². The van der Waals surface area contributed by atoms with E-state index in [0.29, 0.717) is 29.0 Å². The third kappa shape index (κ3) is 3.29. The zero-order valence-electron chi connectivity index (χ0n) is 16.0. The van der Waals surface area contributed by atoms with Crippen LogP contribution in [0.4, 0.5) is 5.82 Å². The number of hydrogen-bond donors (Lipinski definition) is 1. The normalized spacial score (nSPS) is 20.0. The summed E-state index contributed by atoms with van der Waals surface area (Å²) in [7, 11) is 1.54. The van der Waals surface area contributed by atoms with Gasteiger partial charge in [-0.25, -0.2) is 9.97 Å². The summed E-state index contributed by atoms with van der Waals surface area (Å²) in [5, 5.41) is 11.6. The molecule has 0 amide bonds. The molecular weight excluding hydrogens is 338 g/mol. The van der Waals surface area contributed by atoms with E-state index in [1.807, 2.05) is 30.3 Å². The number of aromatic hydroxyl groups is 1. The van der Waals surface area contributed by atoms with E-state index >= 15 is 0 Å². The first-order valence-corrected chi connectivity index (χ1v) is 9.45. The Bertz CT molecular complexity index is 963. The van der Waals surface area contributed by atoms with Crippen LogP contribution in [0.25, 0.3) is 22.3 Å². The number of nitrogens with zero attached hydrogens (tertiary/aromatic N) is 3. The van der Waals surface area contributed by atoms with Gasteiger partial charge in [-0.15, -0.1) is 0 Å². The number of rotatable bonds is 3. The maximum Gasteiger partial charge on any atom is 0.168 e. The van der Waals surface area contributed by atoms with Gasteiger partial charge in [-0.3, -0.25) is 0 Å². The lowest BCUT2D eigenvalue weighted by Crippen LogP contribution is -2.39. The number of phenolic OH excluding ortho intramolecular Hbond substituents is 1. The van der Waals surface area contributed by atoms with Crippen LogP contribution in [0, 0.1) is 11.8 Å². The van der Waals surface area contributed by atoms with E-state index in [1.54, 1.807) is 13.2 Å². The molecule has 2 aromatic carbocycles. The van der Waals surface area contributed by atoms with Gasteiger partial charge >= 0.3 is 0 Å². The summed E-state index contributed by atoms with van der Waals surface area (Å²) in [6, 6.07) is 13.5. The standard InChI is InChI=1S/C22H25N3O2/c1-14-11-15(2)13-25(12-14)22-16-7-4-5-9-18(16)23-21(24-22)17-8-6-10-19(27-3)20(17)26/h4-10,14-15,26H,11-13H2,1-3H3/t14-,15-/m1/s1. The number of aromatic nitrogens is 2. The van der Waals surface area contributed by atoms with Crippen LogP contribution in [0.15, 0.2) is 42.5 Å². The molecule has 5 heteroatoms. The number of benzene rings is 2. The van der Waals surface area contributed by atoms with Crippen LogP contribution in [0.3, 0.4) is 0 Å². The highest BCUT2D eigenvalue weighted by Crippen LogP contribution is 2.38. The van der Waals surface area contributed by atoms with Gasteiger partial charge in [0.15, 0.2) is 17.3 Å². The number of piperidine rings is 1. The minimum absolute atomic E-state index is 0.0709. The molecule has 0 radical (unpaired) electrons. The molecule has 5 nitrogen and oxygen atoms in total. The number of hydrogen-bond acceptors (Lipinski definition) is 5. The maximum absolute atomic E-state index is 10.6. The van der Waals surface area contributed by atoms with Gasteiger partial charge in [0.1, 0.15) is 5.82 Å². The van der Waals surface area contributed by atoms with Crippen LogP contribution in [0.1, 0.15) is 20.3 Å². The lowest BCUT2D eigenvalue weighted by molar-refractivity contribution is 0.356. The van der Waals surface area contributed by atoms with Crippen LogP contribution < -0.4 is 9.64 Å². The Morgan fingerprint density at radius 3 is 2.48 bits per heavy atom. The van der Waals surface area contributed by atoms with Gasteiger partial charge in [-0.05, 0) is 42.5 Å². The average molecular weight is 363 g/mol. The Morgan fingerprint density at radius 1 is 1.00 bits per heavy atom. The van der Waals surface area contributed by atoms with Gasteiger partial charge < -0.3 is 14.7 Å². The third-order valence-electron chi connectivity index (χ3n) is 5.21. The van der Waals surface area contributed by atoms with E-state index in [2.05, 4.69) is 24.8 Å². The summed E-state index contributed by atoms with van der Waals surface area (Å²) >= 11 is 0. The van der Waals surface area contributed by atoms with Crippen LogP contribution in [-0.4, -0.2) is 35.3 Å². The Morgan fingerprint density at radius 2 is 1.74 bits per heavy atom. The second-order valence-electron chi connectivity index (χ2n) is 7.60. The molecule has 1 saturated heterocycles. The lowest BCUT2D eigenvalue weighted by atomic mass is 9.92. The largest absolute Gasteiger partial charge is 0.504 e. The first-order chi connectivity index (χ1) is 13.1. The fraction of sp³-hybridized carbons (Fsp3) is 0.364. The number of fused-ring (bicyclic) bond motifs is 1. The predicted molar refractivity (Wildman–Crippen MR) is 108 cm³/mol. The van der Waals surface area contributed by atoms with Crippen molar-refractivity contribution < 1.29 is 9.84 Å². The van der Waals surface area contributed by atoms with Gasteiger partial charge in [-0.2, -0.15) is 0 Å². The quantitative estimate of drug-likeness (QED) is 0.743. The van der Waals surface area contributed by atoms with E-state index in [9.17, 15) is 5.11 Å². The molecule has 1 fully saturated rings. The predicted octanol–water partition coefficient (Wildman–Crippen LogP) is 4.49. The molecule has 27 heavy (non-hydrogen) atoms. The first kappa shape index (κ1) is 17.6. The van der Waals surface area contributed by atoms with Crippen LogP contribution >= 0.6 is 0 Å². The molecule has 3 aromatic rings. The van der Waals surface area contributed by atoms with Crippen molar-refractivity contribution in [3.05, 3.63) is 42.5 Å². The molecule has 0 aliphatic carbocycles. The highest BCUT2D eigenvalue weighted by molar-refractivity contribution is 5.91. The monoisotopic (exact) mass is 363 g/mol. The molecule has 2 heterocycles. The van der Waals surface area contributed by atoms with E-state index in [1.165, 1.54) is 6.42 Å². The van der Waals surface area contributed by atoms with E-state index in [4.69, 9.17) is 14.7 Å². The van der Waals surface area contributed by atoms with Crippen molar-refractivity contribution in [2.24, 2.45) is 11.8 Å². The van der Waals surface area contributed by atoms with Gasteiger partial charge in [0, 0.05) is 18.5 Å². The molecule has 0 unspecified atom stereocenters. The van der Waals surface area contributed by atoms with Gasteiger partial charge in [0.2, 0.25) is 0 Å². The molecule has 1 N–H and O–H groups in total. The summed E-state index contributed by atoms with van der Waals surface area (Å²) in [4.78, 5) is 12.0. The smallest absolute Gasteiger partial charge is 0.168 e. The fourth-order valence-electron chi connectivity index (χ4n) is 4.12. The second kappa shape index (κ2) is 7.06. The fourth-order valence-corrected chi connectivity index (χ4v) is 4.12. The van der Waals surface area contributed by atoms with Crippen LogP contribution in [0.2, 0.25) is 0 Å². The highest BCUT2D eigenvalue weighted by atomic mass is 16.5. The number of ether oxygens (including phenoxy) is 1. The van der Waals surface area contributed by atoms with Crippen molar-refractivity contribution in [1.29, 1.82) is 0 Å².